The molecule has 0 radical (unpaired) electrons. The van der Waals surface area contributed by atoms with E-state index in [2.05, 4.69) is 21.2 Å². The van der Waals surface area contributed by atoms with Crippen LogP contribution in [0.3, 0.4) is 0 Å². The topological polar surface area (TPSA) is 29.1 Å². The third kappa shape index (κ3) is 3.14. The Hall–Kier alpha value is -0.970. The van der Waals surface area contributed by atoms with Crippen LogP contribution in [0.25, 0.3) is 0 Å². The average Bonchev–Trinajstić information content (AvgIpc) is 2.36. The molecule has 0 aromatic heterocycles. The van der Waals surface area contributed by atoms with Crippen LogP contribution in [0, 0.1) is 17.0 Å². The first-order valence-electron chi connectivity index (χ1n) is 6.38. The number of nitrogens with one attached hydrogen (secondary N) is 1. The van der Waals surface area contributed by atoms with E-state index in [1.165, 1.54) is 0 Å². The molecular formula is C14H16BrF2NO. The van der Waals surface area contributed by atoms with Crippen molar-refractivity contribution < 1.29 is 13.6 Å². The maximum atomic E-state index is 13.7. The van der Waals surface area contributed by atoms with Crippen molar-refractivity contribution in [1.29, 1.82) is 0 Å². The van der Waals surface area contributed by atoms with Gasteiger partial charge in [-0.05, 0) is 34.8 Å². The number of hydrogen-bond acceptors (Lipinski definition) is 1. The van der Waals surface area contributed by atoms with Crippen molar-refractivity contribution in [2.75, 3.05) is 5.32 Å². The molecule has 1 aromatic rings. The number of carbonyl (C=O) groups is 1. The molecule has 0 atom stereocenters. The van der Waals surface area contributed by atoms with Crippen molar-refractivity contribution in [3.05, 3.63) is 28.2 Å². The average molecular weight is 332 g/mol. The van der Waals surface area contributed by atoms with Gasteiger partial charge in [0, 0.05) is 11.5 Å². The zero-order valence-corrected chi connectivity index (χ0v) is 12.3. The van der Waals surface area contributed by atoms with Crippen LogP contribution in [0.2, 0.25) is 0 Å². The zero-order chi connectivity index (χ0) is 14.0. The molecule has 0 aliphatic heterocycles. The largest absolute Gasteiger partial charge is 0.323 e. The quantitative estimate of drug-likeness (QED) is 0.786. The molecule has 0 unspecified atom stereocenters. The summed E-state index contributed by atoms with van der Waals surface area (Å²) < 4.78 is 27.1. The molecule has 5 heteroatoms. The molecule has 2 nitrogen and oxygen atoms in total. The van der Waals surface area contributed by atoms with Crippen molar-refractivity contribution in [3.8, 4) is 0 Å². The predicted molar refractivity (Wildman–Crippen MR) is 73.9 cm³/mol. The Balaban J connectivity index is 2.16. The fraction of sp³-hybridized carbons (Fsp3) is 0.500. The lowest BCUT2D eigenvalue weighted by Crippen LogP contribution is -2.35. The van der Waals surface area contributed by atoms with Crippen molar-refractivity contribution >= 4 is 27.5 Å². The number of carbonyl (C=O) groups excluding carboxylic acids is 1. The summed E-state index contributed by atoms with van der Waals surface area (Å²) in [6.07, 6.45) is 4.71. The van der Waals surface area contributed by atoms with Gasteiger partial charge >= 0.3 is 0 Å². The summed E-state index contributed by atoms with van der Waals surface area (Å²) in [5.74, 6) is -1.46. The number of halogens is 3. The monoisotopic (exact) mass is 331 g/mol. The second kappa shape index (κ2) is 5.57. The summed E-state index contributed by atoms with van der Waals surface area (Å²) in [5.41, 5.74) is -0.577. The Morgan fingerprint density at radius 2 is 1.84 bits per heavy atom. The highest BCUT2D eigenvalue weighted by Crippen LogP contribution is 2.37. The molecule has 1 N–H and O–H groups in total. The smallest absolute Gasteiger partial charge is 0.230 e. The van der Waals surface area contributed by atoms with Crippen LogP contribution in [0.1, 0.15) is 39.0 Å². The first-order valence-corrected chi connectivity index (χ1v) is 7.18. The summed E-state index contributed by atoms with van der Waals surface area (Å²) in [4.78, 5) is 12.2. The summed E-state index contributed by atoms with van der Waals surface area (Å²) in [7, 11) is 0. The molecule has 0 spiro atoms. The van der Waals surface area contributed by atoms with E-state index in [-0.39, 0.29) is 16.1 Å². The molecule has 1 aromatic carbocycles. The Morgan fingerprint density at radius 3 is 2.47 bits per heavy atom. The van der Waals surface area contributed by atoms with Gasteiger partial charge in [0.05, 0.1) is 10.2 Å². The van der Waals surface area contributed by atoms with Gasteiger partial charge in [0.15, 0.2) is 0 Å². The van der Waals surface area contributed by atoms with Crippen LogP contribution in [0.5, 0.6) is 0 Å². The maximum Gasteiger partial charge on any atom is 0.230 e. The van der Waals surface area contributed by atoms with E-state index in [9.17, 15) is 13.6 Å². The van der Waals surface area contributed by atoms with E-state index in [4.69, 9.17) is 0 Å². The van der Waals surface area contributed by atoms with E-state index >= 15 is 0 Å². The standard InChI is InChI=1S/C14H16BrF2NO/c1-14(5-3-2-4-6-14)13(19)18-12-8-10(16)9(15)7-11(12)17/h7-8H,2-6H2,1H3,(H,18,19). The fourth-order valence-electron chi connectivity index (χ4n) is 2.45. The number of amides is 1. The third-order valence-corrected chi connectivity index (χ3v) is 4.37. The van der Waals surface area contributed by atoms with E-state index in [1.807, 2.05) is 6.92 Å². The van der Waals surface area contributed by atoms with Gasteiger partial charge < -0.3 is 5.32 Å². The van der Waals surface area contributed by atoms with Gasteiger partial charge in [-0.1, -0.05) is 26.2 Å². The lowest BCUT2D eigenvalue weighted by Gasteiger charge is -2.32. The second-order valence-electron chi connectivity index (χ2n) is 5.32. The van der Waals surface area contributed by atoms with Gasteiger partial charge in [0.1, 0.15) is 11.6 Å². The molecule has 0 heterocycles. The molecule has 1 amide bonds. The Morgan fingerprint density at radius 1 is 1.21 bits per heavy atom. The number of anilines is 1. The molecule has 1 fully saturated rings. The van der Waals surface area contributed by atoms with E-state index in [1.54, 1.807) is 0 Å². The minimum Gasteiger partial charge on any atom is -0.323 e. The normalized spacial score (nSPS) is 18.1. The molecule has 2 rings (SSSR count). The molecule has 0 bridgehead atoms. The first-order chi connectivity index (χ1) is 8.92. The molecular weight excluding hydrogens is 316 g/mol. The number of rotatable bonds is 2. The van der Waals surface area contributed by atoms with Crippen molar-refractivity contribution in [1.82, 2.24) is 0 Å². The molecule has 1 saturated carbocycles. The fourth-order valence-corrected chi connectivity index (χ4v) is 2.77. The number of hydrogen-bond donors (Lipinski definition) is 1. The van der Waals surface area contributed by atoms with Crippen molar-refractivity contribution in [3.63, 3.8) is 0 Å². The Bertz CT molecular complexity index is 498. The highest BCUT2D eigenvalue weighted by Gasteiger charge is 2.34. The molecule has 1 aliphatic rings. The molecule has 19 heavy (non-hydrogen) atoms. The van der Waals surface area contributed by atoms with E-state index in [0.29, 0.717) is 0 Å². The lowest BCUT2D eigenvalue weighted by atomic mass is 9.75. The van der Waals surface area contributed by atoms with Crippen LogP contribution >= 0.6 is 15.9 Å². The summed E-state index contributed by atoms with van der Waals surface area (Å²) in [6, 6.07) is 2.03. The van der Waals surface area contributed by atoms with Crippen molar-refractivity contribution in [2.45, 2.75) is 39.0 Å². The van der Waals surface area contributed by atoms with Crippen molar-refractivity contribution in [2.24, 2.45) is 5.41 Å². The second-order valence-corrected chi connectivity index (χ2v) is 6.18. The minimum atomic E-state index is -0.638. The maximum absolute atomic E-state index is 13.7. The van der Waals surface area contributed by atoms with Crippen LogP contribution < -0.4 is 5.32 Å². The van der Waals surface area contributed by atoms with Gasteiger partial charge in [0.2, 0.25) is 5.91 Å². The van der Waals surface area contributed by atoms with E-state index < -0.39 is 17.0 Å². The van der Waals surface area contributed by atoms with Gasteiger partial charge in [-0.25, -0.2) is 8.78 Å². The highest BCUT2D eigenvalue weighted by molar-refractivity contribution is 9.10. The summed E-state index contributed by atoms with van der Waals surface area (Å²) in [6.45, 7) is 1.88. The number of benzene rings is 1. The highest BCUT2D eigenvalue weighted by atomic mass is 79.9. The van der Waals surface area contributed by atoms with Crippen LogP contribution in [-0.4, -0.2) is 5.91 Å². The molecule has 0 saturated heterocycles. The van der Waals surface area contributed by atoms with Gasteiger partial charge in [0.25, 0.3) is 0 Å². The van der Waals surface area contributed by atoms with Gasteiger partial charge in [-0.15, -0.1) is 0 Å². The van der Waals surface area contributed by atoms with Crippen LogP contribution in [-0.2, 0) is 4.79 Å². The van der Waals surface area contributed by atoms with Gasteiger partial charge in [-0.2, -0.15) is 0 Å². The van der Waals surface area contributed by atoms with Gasteiger partial charge in [-0.3, -0.25) is 4.79 Å². The van der Waals surface area contributed by atoms with Crippen LogP contribution in [0.15, 0.2) is 16.6 Å². The predicted octanol–water partition coefficient (Wildman–Crippen LogP) is 4.64. The lowest BCUT2D eigenvalue weighted by molar-refractivity contribution is -0.126. The third-order valence-electron chi connectivity index (χ3n) is 3.76. The zero-order valence-electron chi connectivity index (χ0n) is 10.7. The Labute approximate surface area is 119 Å². The van der Waals surface area contributed by atoms with Crippen LogP contribution in [0.4, 0.5) is 14.5 Å². The minimum absolute atomic E-state index is 0.0480. The SMILES string of the molecule is CC1(C(=O)Nc2cc(F)c(Br)cc2F)CCCCC1. The molecule has 1 aliphatic carbocycles. The molecule has 104 valence electrons. The summed E-state index contributed by atoms with van der Waals surface area (Å²) >= 11 is 2.91. The first kappa shape index (κ1) is 14.4. The van der Waals surface area contributed by atoms with E-state index in [0.717, 1.165) is 44.2 Å². The summed E-state index contributed by atoms with van der Waals surface area (Å²) in [5, 5.41) is 2.51. The Kier molecular flexibility index (Phi) is 4.23.